The molecular weight excluding hydrogens is 396 g/mol. The van der Waals surface area contributed by atoms with Gasteiger partial charge in [0.05, 0.1) is 17.1 Å². The normalized spacial score (nSPS) is 10.9. The Bertz CT molecular complexity index is 918. The van der Waals surface area contributed by atoms with E-state index in [1.54, 1.807) is 12.1 Å². The SMILES string of the molecule is NS(=O)(=O)c1cc(C(=O)OCC(=O)NCCOc2ccccc2)ccc1Cl. The van der Waals surface area contributed by atoms with Crippen LogP contribution in [0.25, 0.3) is 0 Å². The standard InChI is InChI=1S/C17H17ClN2O6S/c18-14-7-6-12(10-15(14)27(19,23)24)17(22)26-11-16(21)20-8-9-25-13-4-2-1-3-5-13/h1-7,10H,8-9,11H2,(H,20,21)(H2,19,23,24). The minimum atomic E-state index is -4.09. The molecule has 0 fully saturated rings. The Hall–Kier alpha value is -2.62. The third-order valence-corrected chi connectivity index (χ3v) is 4.64. The Morgan fingerprint density at radius 2 is 1.81 bits per heavy atom. The molecule has 0 saturated carbocycles. The van der Waals surface area contributed by atoms with Crippen molar-refractivity contribution in [1.82, 2.24) is 5.32 Å². The molecule has 27 heavy (non-hydrogen) atoms. The second kappa shape index (κ2) is 9.36. The first-order valence-corrected chi connectivity index (χ1v) is 9.64. The van der Waals surface area contributed by atoms with Crippen molar-refractivity contribution in [3.05, 3.63) is 59.1 Å². The van der Waals surface area contributed by atoms with Gasteiger partial charge in [0, 0.05) is 0 Å². The van der Waals surface area contributed by atoms with Crippen molar-refractivity contribution >= 4 is 33.5 Å². The third kappa shape index (κ3) is 6.55. The molecule has 3 N–H and O–H groups in total. The number of nitrogens with two attached hydrogens (primary N) is 1. The fourth-order valence-corrected chi connectivity index (χ4v) is 3.06. The zero-order valence-electron chi connectivity index (χ0n) is 14.1. The zero-order chi connectivity index (χ0) is 19.9. The summed E-state index contributed by atoms with van der Waals surface area (Å²) >= 11 is 5.74. The lowest BCUT2D eigenvalue weighted by Crippen LogP contribution is -2.32. The number of hydrogen-bond donors (Lipinski definition) is 2. The second-order valence-electron chi connectivity index (χ2n) is 5.28. The van der Waals surface area contributed by atoms with Crippen molar-refractivity contribution in [1.29, 1.82) is 0 Å². The van der Waals surface area contributed by atoms with Crippen LogP contribution in [0.4, 0.5) is 0 Å². The molecule has 2 rings (SSSR count). The molecule has 0 radical (unpaired) electrons. The smallest absolute Gasteiger partial charge is 0.338 e. The van der Waals surface area contributed by atoms with Gasteiger partial charge >= 0.3 is 5.97 Å². The summed E-state index contributed by atoms with van der Waals surface area (Å²) in [5, 5.41) is 7.42. The predicted octanol–water partition coefficient (Wildman–Crippen LogP) is 1.34. The fraction of sp³-hybridized carbons (Fsp3) is 0.176. The molecule has 0 aliphatic carbocycles. The summed E-state index contributed by atoms with van der Waals surface area (Å²) in [7, 11) is -4.09. The summed E-state index contributed by atoms with van der Waals surface area (Å²) in [6.45, 7) is -0.0576. The Balaban J connectivity index is 1.79. The number of rotatable bonds is 8. The third-order valence-electron chi connectivity index (χ3n) is 3.24. The molecule has 10 heteroatoms. The van der Waals surface area contributed by atoms with Crippen LogP contribution in [0.3, 0.4) is 0 Å². The van der Waals surface area contributed by atoms with Gasteiger partial charge in [0.15, 0.2) is 6.61 Å². The number of esters is 1. The van der Waals surface area contributed by atoms with E-state index in [0.717, 1.165) is 6.07 Å². The number of sulfonamides is 1. The van der Waals surface area contributed by atoms with Crippen LogP contribution in [-0.4, -0.2) is 40.1 Å². The van der Waals surface area contributed by atoms with Gasteiger partial charge in [0.25, 0.3) is 5.91 Å². The van der Waals surface area contributed by atoms with E-state index >= 15 is 0 Å². The first kappa shape index (κ1) is 20.7. The molecule has 0 aromatic heterocycles. The highest BCUT2D eigenvalue weighted by atomic mass is 35.5. The molecule has 2 aromatic rings. The summed E-state index contributed by atoms with van der Waals surface area (Å²) in [6, 6.07) is 12.5. The highest BCUT2D eigenvalue weighted by Gasteiger charge is 2.17. The number of ether oxygens (including phenoxy) is 2. The second-order valence-corrected chi connectivity index (χ2v) is 7.21. The number of carbonyl (C=O) groups is 2. The maximum absolute atomic E-state index is 11.9. The lowest BCUT2D eigenvalue weighted by Gasteiger charge is -2.09. The Labute approximate surface area is 161 Å². The number of primary sulfonamides is 1. The highest BCUT2D eigenvalue weighted by Crippen LogP contribution is 2.21. The van der Waals surface area contributed by atoms with Crippen LogP contribution in [0.1, 0.15) is 10.4 Å². The van der Waals surface area contributed by atoms with E-state index in [0.29, 0.717) is 5.75 Å². The van der Waals surface area contributed by atoms with E-state index in [9.17, 15) is 18.0 Å². The molecule has 144 valence electrons. The van der Waals surface area contributed by atoms with Crippen LogP contribution in [0.2, 0.25) is 5.02 Å². The quantitative estimate of drug-likeness (QED) is 0.498. The largest absolute Gasteiger partial charge is 0.492 e. The first-order valence-electron chi connectivity index (χ1n) is 7.71. The Morgan fingerprint density at radius 3 is 2.48 bits per heavy atom. The number of carbonyl (C=O) groups excluding carboxylic acids is 2. The molecular formula is C17H17ClN2O6S. The molecule has 8 nitrogen and oxygen atoms in total. The van der Waals surface area contributed by atoms with Crippen molar-refractivity contribution < 1.29 is 27.5 Å². The maximum atomic E-state index is 11.9. The molecule has 0 bridgehead atoms. The molecule has 0 spiro atoms. The average molecular weight is 413 g/mol. The molecule has 0 aliphatic heterocycles. The van der Waals surface area contributed by atoms with Gasteiger partial charge in [-0.2, -0.15) is 0 Å². The molecule has 0 saturated heterocycles. The van der Waals surface area contributed by atoms with Crippen LogP contribution >= 0.6 is 11.6 Å². The van der Waals surface area contributed by atoms with Gasteiger partial charge in [-0.15, -0.1) is 0 Å². The van der Waals surface area contributed by atoms with Crippen LogP contribution in [0.5, 0.6) is 5.75 Å². The first-order chi connectivity index (χ1) is 12.8. The van der Waals surface area contributed by atoms with E-state index in [2.05, 4.69) is 5.32 Å². The van der Waals surface area contributed by atoms with Crippen molar-refractivity contribution in [2.75, 3.05) is 19.8 Å². The van der Waals surface area contributed by atoms with Crippen LogP contribution in [0, 0.1) is 0 Å². The lowest BCUT2D eigenvalue weighted by atomic mass is 10.2. The van der Waals surface area contributed by atoms with E-state index in [1.807, 2.05) is 18.2 Å². The number of nitrogens with one attached hydrogen (secondary N) is 1. The Morgan fingerprint density at radius 1 is 1.11 bits per heavy atom. The minimum absolute atomic E-state index is 0.0939. The number of hydrogen-bond acceptors (Lipinski definition) is 6. The van der Waals surface area contributed by atoms with Gasteiger partial charge < -0.3 is 14.8 Å². The van der Waals surface area contributed by atoms with Gasteiger partial charge in [-0.05, 0) is 30.3 Å². The summed E-state index contributed by atoms with van der Waals surface area (Å²) in [6.07, 6.45) is 0. The molecule has 0 unspecified atom stereocenters. The van der Waals surface area contributed by atoms with Crippen molar-refractivity contribution in [3.8, 4) is 5.75 Å². The van der Waals surface area contributed by atoms with E-state index in [-0.39, 0.29) is 23.7 Å². The van der Waals surface area contributed by atoms with Crippen molar-refractivity contribution in [2.45, 2.75) is 4.90 Å². The van der Waals surface area contributed by atoms with Crippen LogP contribution in [-0.2, 0) is 19.6 Å². The molecule has 2 aromatic carbocycles. The van der Waals surface area contributed by atoms with Crippen molar-refractivity contribution in [2.24, 2.45) is 5.14 Å². The molecule has 0 heterocycles. The van der Waals surface area contributed by atoms with Gasteiger partial charge in [0.1, 0.15) is 17.3 Å². The summed E-state index contributed by atoms with van der Waals surface area (Å²) in [4.78, 5) is 23.2. The number of amides is 1. The van der Waals surface area contributed by atoms with Crippen LogP contribution < -0.4 is 15.2 Å². The van der Waals surface area contributed by atoms with Gasteiger partial charge in [0.2, 0.25) is 10.0 Å². The van der Waals surface area contributed by atoms with Crippen molar-refractivity contribution in [3.63, 3.8) is 0 Å². The molecule has 1 amide bonds. The number of benzene rings is 2. The molecule has 0 atom stereocenters. The predicted molar refractivity (Wildman–Crippen MR) is 98.1 cm³/mol. The summed E-state index contributed by atoms with van der Waals surface area (Å²) in [5.41, 5.74) is -0.0939. The highest BCUT2D eigenvalue weighted by molar-refractivity contribution is 7.89. The van der Waals surface area contributed by atoms with E-state index in [1.165, 1.54) is 12.1 Å². The fourth-order valence-electron chi connectivity index (χ4n) is 1.99. The monoisotopic (exact) mass is 412 g/mol. The number of para-hydroxylation sites is 1. The van der Waals surface area contributed by atoms with E-state index < -0.39 is 33.4 Å². The van der Waals surface area contributed by atoms with Crippen LogP contribution in [0.15, 0.2) is 53.4 Å². The van der Waals surface area contributed by atoms with Gasteiger partial charge in [-0.3, -0.25) is 4.79 Å². The average Bonchev–Trinajstić information content (AvgIpc) is 2.63. The Kier molecular flexibility index (Phi) is 7.17. The molecule has 0 aliphatic rings. The van der Waals surface area contributed by atoms with E-state index in [4.69, 9.17) is 26.2 Å². The summed E-state index contributed by atoms with van der Waals surface area (Å²) in [5.74, 6) is -0.737. The number of halogens is 1. The zero-order valence-corrected chi connectivity index (χ0v) is 15.6. The summed E-state index contributed by atoms with van der Waals surface area (Å²) < 4.78 is 33.1. The topological polar surface area (TPSA) is 125 Å². The van der Waals surface area contributed by atoms with Gasteiger partial charge in [-0.1, -0.05) is 29.8 Å². The maximum Gasteiger partial charge on any atom is 0.338 e. The van der Waals surface area contributed by atoms with Gasteiger partial charge in [-0.25, -0.2) is 18.4 Å². The minimum Gasteiger partial charge on any atom is -0.492 e. The lowest BCUT2D eigenvalue weighted by molar-refractivity contribution is -0.124.